The van der Waals surface area contributed by atoms with Crippen LogP contribution in [0.25, 0.3) is 0 Å². The zero-order chi connectivity index (χ0) is 8.55. The number of carbonyl (C=O) groups is 1. The molecule has 62 valence electrons. The second-order valence-corrected chi connectivity index (χ2v) is 3.97. The van der Waals surface area contributed by atoms with Crippen LogP contribution in [-0.2, 0) is 4.79 Å². The molecule has 2 rings (SSSR count). The Morgan fingerprint density at radius 2 is 2.42 bits per heavy atom. The molecule has 1 aromatic heterocycles. The third-order valence-corrected chi connectivity index (χ3v) is 2.72. The number of hydrogen-bond acceptors (Lipinski definition) is 3. The SMILES string of the molecule is Cc1ccc(C2=NNC(=O)C2)s1. The molecular weight excluding hydrogens is 172 g/mol. The topological polar surface area (TPSA) is 41.5 Å². The minimum Gasteiger partial charge on any atom is -0.273 e. The molecule has 0 saturated carbocycles. The van der Waals surface area contributed by atoms with Gasteiger partial charge in [0.25, 0.3) is 0 Å². The number of hydrazone groups is 1. The van der Waals surface area contributed by atoms with Crippen molar-refractivity contribution in [3.63, 3.8) is 0 Å². The molecular formula is C8H8N2OS. The molecule has 0 saturated heterocycles. The van der Waals surface area contributed by atoms with Crippen LogP contribution in [0.15, 0.2) is 17.2 Å². The van der Waals surface area contributed by atoms with Crippen LogP contribution in [0.4, 0.5) is 0 Å². The summed E-state index contributed by atoms with van der Waals surface area (Å²) < 4.78 is 0. The molecule has 0 aliphatic carbocycles. The quantitative estimate of drug-likeness (QED) is 0.695. The van der Waals surface area contributed by atoms with Gasteiger partial charge in [-0.25, -0.2) is 5.43 Å². The summed E-state index contributed by atoms with van der Waals surface area (Å²) in [5, 5.41) is 3.93. The van der Waals surface area contributed by atoms with Gasteiger partial charge in [-0.2, -0.15) is 5.10 Å². The fraction of sp³-hybridized carbons (Fsp3) is 0.250. The van der Waals surface area contributed by atoms with Gasteiger partial charge in [-0.05, 0) is 19.1 Å². The molecule has 0 atom stereocenters. The Kier molecular flexibility index (Phi) is 1.69. The Bertz CT molecular complexity index is 354. The number of carbonyl (C=O) groups excluding carboxylic acids is 1. The van der Waals surface area contributed by atoms with Gasteiger partial charge in [0.2, 0.25) is 5.91 Å². The summed E-state index contributed by atoms with van der Waals surface area (Å²) in [4.78, 5) is 13.1. The minimum absolute atomic E-state index is 0.0175. The van der Waals surface area contributed by atoms with E-state index < -0.39 is 0 Å². The first-order chi connectivity index (χ1) is 5.75. The number of nitrogens with zero attached hydrogens (tertiary/aromatic N) is 1. The molecule has 1 aliphatic rings. The van der Waals surface area contributed by atoms with Crippen molar-refractivity contribution >= 4 is 23.0 Å². The molecule has 2 heterocycles. The lowest BCUT2D eigenvalue weighted by Gasteiger charge is -1.88. The van der Waals surface area contributed by atoms with Crippen molar-refractivity contribution in [3.8, 4) is 0 Å². The smallest absolute Gasteiger partial charge is 0.246 e. The Balaban J connectivity index is 2.27. The summed E-state index contributed by atoms with van der Waals surface area (Å²) in [5.74, 6) is -0.0175. The van der Waals surface area contributed by atoms with Crippen LogP contribution in [0.1, 0.15) is 16.2 Å². The predicted octanol–water partition coefficient (Wildman–Crippen LogP) is 1.28. The molecule has 0 radical (unpaired) electrons. The van der Waals surface area contributed by atoms with Gasteiger partial charge in [0.15, 0.2) is 0 Å². The number of hydrogen-bond donors (Lipinski definition) is 1. The van der Waals surface area contributed by atoms with Gasteiger partial charge < -0.3 is 0 Å². The summed E-state index contributed by atoms with van der Waals surface area (Å²) in [5.41, 5.74) is 3.29. The Labute approximate surface area is 74.1 Å². The van der Waals surface area contributed by atoms with Gasteiger partial charge in [-0.15, -0.1) is 11.3 Å². The number of rotatable bonds is 1. The predicted molar refractivity (Wildman–Crippen MR) is 48.4 cm³/mol. The molecule has 12 heavy (non-hydrogen) atoms. The van der Waals surface area contributed by atoms with E-state index >= 15 is 0 Å². The van der Waals surface area contributed by atoms with Gasteiger partial charge in [0.1, 0.15) is 0 Å². The Hall–Kier alpha value is -1.16. The summed E-state index contributed by atoms with van der Waals surface area (Å²) in [6.07, 6.45) is 0.417. The van der Waals surface area contributed by atoms with Crippen molar-refractivity contribution in [1.29, 1.82) is 0 Å². The van der Waals surface area contributed by atoms with E-state index in [9.17, 15) is 4.79 Å². The van der Waals surface area contributed by atoms with Crippen molar-refractivity contribution in [3.05, 3.63) is 21.9 Å². The van der Waals surface area contributed by atoms with Crippen molar-refractivity contribution < 1.29 is 4.79 Å². The lowest BCUT2D eigenvalue weighted by Crippen LogP contribution is -2.09. The van der Waals surface area contributed by atoms with Gasteiger partial charge in [0.05, 0.1) is 17.0 Å². The number of nitrogens with one attached hydrogen (secondary N) is 1. The van der Waals surface area contributed by atoms with Crippen LogP contribution in [0.5, 0.6) is 0 Å². The lowest BCUT2D eigenvalue weighted by molar-refractivity contribution is -0.119. The number of thiophene rings is 1. The lowest BCUT2D eigenvalue weighted by atomic mass is 10.2. The molecule has 0 bridgehead atoms. The van der Waals surface area contributed by atoms with E-state index in [2.05, 4.69) is 10.5 Å². The fourth-order valence-electron chi connectivity index (χ4n) is 1.09. The summed E-state index contributed by atoms with van der Waals surface area (Å²) in [6.45, 7) is 2.04. The standard InChI is InChI=1S/C8H8N2OS/c1-5-2-3-7(12-5)6-4-8(11)10-9-6/h2-3H,4H2,1H3,(H,10,11). The van der Waals surface area contributed by atoms with Crippen LogP contribution in [0.3, 0.4) is 0 Å². The maximum atomic E-state index is 10.8. The zero-order valence-corrected chi connectivity index (χ0v) is 7.44. The molecule has 1 N–H and O–H groups in total. The second kappa shape index (κ2) is 2.71. The van der Waals surface area contributed by atoms with Crippen LogP contribution in [-0.4, -0.2) is 11.6 Å². The van der Waals surface area contributed by atoms with E-state index in [0.717, 1.165) is 10.6 Å². The minimum atomic E-state index is -0.0175. The molecule has 3 nitrogen and oxygen atoms in total. The maximum Gasteiger partial charge on any atom is 0.246 e. The van der Waals surface area contributed by atoms with Gasteiger partial charge in [-0.3, -0.25) is 4.79 Å². The van der Waals surface area contributed by atoms with E-state index in [1.807, 2.05) is 19.1 Å². The molecule has 0 aromatic carbocycles. The highest BCUT2D eigenvalue weighted by molar-refractivity contribution is 7.14. The van der Waals surface area contributed by atoms with Crippen molar-refractivity contribution in [2.75, 3.05) is 0 Å². The third-order valence-electron chi connectivity index (χ3n) is 1.67. The zero-order valence-electron chi connectivity index (χ0n) is 6.63. The van der Waals surface area contributed by atoms with E-state index in [1.54, 1.807) is 11.3 Å². The average Bonchev–Trinajstić information content (AvgIpc) is 2.58. The molecule has 1 aliphatic heterocycles. The van der Waals surface area contributed by atoms with E-state index in [4.69, 9.17) is 0 Å². The van der Waals surface area contributed by atoms with Crippen LogP contribution < -0.4 is 5.43 Å². The van der Waals surface area contributed by atoms with E-state index in [-0.39, 0.29) is 5.91 Å². The first kappa shape index (κ1) is 7.49. The molecule has 1 amide bonds. The van der Waals surface area contributed by atoms with Crippen LogP contribution in [0.2, 0.25) is 0 Å². The Morgan fingerprint density at radius 1 is 1.58 bits per heavy atom. The number of amides is 1. The Morgan fingerprint density at radius 3 is 2.92 bits per heavy atom. The van der Waals surface area contributed by atoms with Gasteiger partial charge in [-0.1, -0.05) is 0 Å². The summed E-state index contributed by atoms with van der Waals surface area (Å²) in [6, 6.07) is 4.03. The van der Waals surface area contributed by atoms with Gasteiger partial charge >= 0.3 is 0 Å². The molecule has 0 unspecified atom stereocenters. The molecule has 0 spiro atoms. The first-order valence-corrected chi connectivity index (χ1v) is 4.49. The van der Waals surface area contributed by atoms with E-state index in [1.165, 1.54) is 4.88 Å². The molecule has 1 aromatic rings. The summed E-state index contributed by atoms with van der Waals surface area (Å²) >= 11 is 1.66. The van der Waals surface area contributed by atoms with Gasteiger partial charge in [0, 0.05) is 4.88 Å². The highest BCUT2D eigenvalue weighted by Gasteiger charge is 2.16. The maximum absolute atomic E-state index is 10.8. The summed E-state index contributed by atoms with van der Waals surface area (Å²) in [7, 11) is 0. The third kappa shape index (κ3) is 1.25. The van der Waals surface area contributed by atoms with E-state index in [0.29, 0.717) is 6.42 Å². The highest BCUT2D eigenvalue weighted by atomic mass is 32.1. The van der Waals surface area contributed by atoms with Crippen LogP contribution >= 0.6 is 11.3 Å². The fourth-order valence-corrected chi connectivity index (χ4v) is 1.95. The average molecular weight is 180 g/mol. The normalized spacial score (nSPS) is 16.1. The molecule has 0 fully saturated rings. The van der Waals surface area contributed by atoms with Crippen molar-refractivity contribution in [2.45, 2.75) is 13.3 Å². The number of aryl methyl sites for hydroxylation is 1. The van der Waals surface area contributed by atoms with Crippen molar-refractivity contribution in [1.82, 2.24) is 5.43 Å². The molecule has 4 heteroatoms. The van der Waals surface area contributed by atoms with Crippen molar-refractivity contribution in [2.24, 2.45) is 5.10 Å². The largest absolute Gasteiger partial charge is 0.273 e. The monoisotopic (exact) mass is 180 g/mol. The first-order valence-electron chi connectivity index (χ1n) is 3.68. The highest BCUT2D eigenvalue weighted by Crippen LogP contribution is 2.18. The second-order valence-electron chi connectivity index (χ2n) is 2.68. The van der Waals surface area contributed by atoms with Crippen LogP contribution in [0, 0.1) is 6.92 Å².